The molecular weight excluding hydrogens is 290 g/mol. The number of hydrogen-bond donors (Lipinski definition) is 0. The average molecular weight is 310 g/mol. The molecule has 0 saturated carbocycles. The van der Waals surface area contributed by atoms with Crippen LogP contribution in [0.4, 0.5) is 0 Å². The zero-order valence-corrected chi connectivity index (χ0v) is 12.8. The van der Waals surface area contributed by atoms with Crippen LogP contribution in [0.3, 0.4) is 0 Å². The molecule has 0 aromatic heterocycles. The average Bonchev–Trinajstić information content (AvgIpc) is 2.32. The fourth-order valence-corrected chi connectivity index (χ4v) is 3.15. The second-order valence-electron chi connectivity index (χ2n) is 5.30. The van der Waals surface area contributed by atoms with Crippen molar-refractivity contribution in [3.05, 3.63) is 33.8 Å². The lowest BCUT2D eigenvalue weighted by molar-refractivity contribution is 0.0510. The van der Waals surface area contributed by atoms with Gasteiger partial charge in [0.05, 0.1) is 0 Å². The lowest BCUT2D eigenvalue weighted by atomic mass is 9.95. The lowest BCUT2D eigenvalue weighted by Gasteiger charge is -2.39. The van der Waals surface area contributed by atoms with Gasteiger partial charge in [0.25, 0.3) is 5.91 Å². The van der Waals surface area contributed by atoms with E-state index in [4.69, 9.17) is 0 Å². The molecule has 98 valence electrons. The van der Waals surface area contributed by atoms with Crippen molar-refractivity contribution in [2.45, 2.75) is 52.1 Å². The highest BCUT2D eigenvalue weighted by Gasteiger charge is 2.30. The van der Waals surface area contributed by atoms with Gasteiger partial charge >= 0.3 is 0 Å². The number of rotatable bonds is 1. The summed E-state index contributed by atoms with van der Waals surface area (Å²) in [5.74, 6) is 0.175. The van der Waals surface area contributed by atoms with Crippen LogP contribution < -0.4 is 0 Å². The summed E-state index contributed by atoms with van der Waals surface area (Å²) in [6.07, 6.45) is 3.45. The summed E-state index contributed by atoms with van der Waals surface area (Å²) >= 11 is 3.45. The molecule has 1 heterocycles. The van der Waals surface area contributed by atoms with Crippen LogP contribution in [0.2, 0.25) is 0 Å². The minimum absolute atomic E-state index is 0.175. The second kappa shape index (κ2) is 5.43. The molecule has 2 rings (SSSR count). The summed E-state index contributed by atoms with van der Waals surface area (Å²) in [4.78, 5) is 14.8. The molecular formula is C15H20BrNO. The van der Waals surface area contributed by atoms with Crippen LogP contribution in [-0.2, 0) is 0 Å². The third-order valence-corrected chi connectivity index (χ3v) is 4.35. The van der Waals surface area contributed by atoms with Gasteiger partial charge in [-0.3, -0.25) is 4.79 Å². The van der Waals surface area contributed by atoms with E-state index in [1.165, 1.54) is 6.42 Å². The van der Waals surface area contributed by atoms with Crippen LogP contribution in [0.1, 0.15) is 49.0 Å². The van der Waals surface area contributed by atoms with E-state index < -0.39 is 0 Å². The monoisotopic (exact) mass is 309 g/mol. The van der Waals surface area contributed by atoms with Crippen molar-refractivity contribution < 1.29 is 4.79 Å². The maximum Gasteiger partial charge on any atom is 0.254 e. The molecule has 1 aromatic carbocycles. The first-order chi connectivity index (χ1) is 8.50. The Hall–Kier alpha value is -0.830. The third-order valence-electron chi connectivity index (χ3n) is 3.86. The first-order valence-corrected chi connectivity index (χ1v) is 7.39. The van der Waals surface area contributed by atoms with Crippen molar-refractivity contribution in [1.82, 2.24) is 4.90 Å². The van der Waals surface area contributed by atoms with E-state index in [0.717, 1.165) is 28.4 Å². The summed E-state index contributed by atoms with van der Waals surface area (Å²) in [6, 6.07) is 6.61. The number of nitrogens with zero attached hydrogens (tertiary/aromatic N) is 1. The molecule has 2 atom stereocenters. The molecule has 0 aliphatic carbocycles. The zero-order chi connectivity index (χ0) is 13.3. The molecule has 1 saturated heterocycles. The highest BCUT2D eigenvalue weighted by molar-refractivity contribution is 9.10. The van der Waals surface area contributed by atoms with E-state index >= 15 is 0 Å². The molecule has 0 bridgehead atoms. The predicted molar refractivity (Wildman–Crippen MR) is 77.8 cm³/mol. The number of likely N-dealkylation sites (tertiary alicyclic amines) is 1. The highest BCUT2D eigenvalue weighted by Crippen LogP contribution is 2.26. The number of halogens is 1. The molecule has 0 spiro atoms. The Kier molecular flexibility index (Phi) is 4.10. The maximum absolute atomic E-state index is 12.7. The number of carbonyl (C=O) groups excluding carboxylic acids is 1. The quantitative estimate of drug-likeness (QED) is 0.762. The Balaban J connectivity index is 2.32. The maximum atomic E-state index is 12.7. The van der Waals surface area contributed by atoms with E-state index in [-0.39, 0.29) is 5.91 Å². The van der Waals surface area contributed by atoms with Crippen LogP contribution in [0, 0.1) is 6.92 Å². The van der Waals surface area contributed by atoms with Crippen LogP contribution >= 0.6 is 15.9 Å². The number of piperidine rings is 1. The number of hydrogen-bond acceptors (Lipinski definition) is 1. The van der Waals surface area contributed by atoms with E-state index in [0.29, 0.717) is 12.1 Å². The normalized spacial score (nSPS) is 24.1. The second-order valence-corrected chi connectivity index (χ2v) is 6.22. The first-order valence-electron chi connectivity index (χ1n) is 6.59. The van der Waals surface area contributed by atoms with E-state index in [1.807, 2.05) is 25.1 Å². The van der Waals surface area contributed by atoms with Gasteiger partial charge in [-0.1, -0.05) is 22.0 Å². The molecule has 2 unspecified atom stereocenters. The Morgan fingerprint density at radius 3 is 2.50 bits per heavy atom. The van der Waals surface area contributed by atoms with Crippen LogP contribution in [0.15, 0.2) is 22.7 Å². The Morgan fingerprint density at radius 1 is 1.28 bits per heavy atom. The molecule has 1 fully saturated rings. The van der Waals surface area contributed by atoms with Gasteiger partial charge in [0.15, 0.2) is 0 Å². The Morgan fingerprint density at radius 2 is 1.89 bits per heavy atom. The van der Waals surface area contributed by atoms with E-state index in [1.54, 1.807) is 0 Å². The standard InChI is InChI=1S/C15H20BrNO/c1-10-7-8-13(16)9-14(10)15(18)17-11(2)5-4-6-12(17)3/h7-9,11-12H,4-6H2,1-3H3. The topological polar surface area (TPSA) is 20.3 Å². The van der Waals surface area contributed by atoms with Gasteiger partial charge in [0.1, 0.15) is 0 Å². The Bertz CT molecular complexity index is 448. The van der Waals surface area contributed by atoms with Crippen molar-refractivity contribution in [2.75, 3.05) is 0 Å². The van der Waals surface area contributed by atoms with Gasteiger partial charge < -0.3 is 4.90 Å². The molecule has 3 heteroatoms. The van der Waals surface area contributed by atoms with Crippen molar-refractivity contribution in [3.8, 4) is 0 Å². The summed E-state index contributed by atoms with van der Waals surface area (Å²) in [5.41, 5.74) is 1.87. The molecule has 18 heavy (non-hydrogen) atoms. The molecule has 1 aromatic rings. The minimum Gasteiger partial charge on any atom is -0.333 e. The fraction of sp³-hybridized carbons (Fsp3) is 0.533. The van der Waals surface area contributed by atoms with Crippen LogP contribution in [-0.4, -0.2) is 22.9 Å². The molecule has 2 nitrogen and oxygen atoms in total. The fourth-order valence-electron chi connectivity index (χ4n) is 2.79. The highest BCUT2D eigenvalue weighted by atomic mass is 79.9. The van der Waals surface area contributed by atoms with Crippen molar-refractivity contribution in [1.29, 1.82) is 0 Å². The van der Waals surface area contributed by atoms with Crippen molar-refractivity contribution in [2.24, 2.45) is 0 Å². The van der Waals surface area contributed by atoms with Gasteiger partial charge in [0.2, 0.25) is 0 Å². The van der Waals surface area contributed by atoms with Crippen molar-refractivity contribution in [3.63, 3.8) is 0 Å². The molecule has 1 aliphatic rings. The Labute approximate surface area is 117 Å². The SMILES string of the molecule is Cc1ccc(Br)cc1C(=O)N1C(C)CCCC1C. The number of amides is 1. The summed E-state index contributed by atoms with van der Waals surface area (Å²) in [7, 11) is 0. The van der Waals surface area contributed by atoms with E-state index in [9.17, 15) is 4.79 Å². The van der Waals surface area contributed by atoms with Gasteiger partial charge in [-0.2, -0.15) is 0 Å². The van der Waals surface area contributed by atoms with Gasteiger partial charge in [-0.25, -0.2) is 0 Å². The molecule has 0 radical (unpaired) electrons. The number of carbonyl (C=O) groups is 1. The molecule has 1 amide bonds. The van der Waals surface area contributed by atoms with Gasteiger partial charge in [-0.05, 0) is 57.7 Å². The zero-order valence-electron chi connectivity index (χ0n) is 11.2. The van der Waals surface area contributed by atoms with Crippen LogP contribution in [0.25, 0.3) is 0 Å². The predicted octanol–water partition coefficient (Wildman–Crippen LogP) is 4.16. The molecule has 1 aliphatic heterocycles. The smallest absolute Gasteiger partial charge is 0.254 e. The summed E-state index contributed by atoms with van der Waals surface area (Å²) < 4.78 is 0.966. The van der Waals surface area contributed by atoms with Gasteiger partial charge in [0, 0.05) is 22.1 Å². The summed E-state index contributed by atoms with van der Waals surface area (Å²) in [5, 5.41) is 0. The number of benzene rings is 1. The van der Waals surface area contributed by atoms with Crippen LogP contribution in [0.5, 0.6) is 0 Å². The van der Waals surface area contributed by atoms with Gasteiger partial charge in [-0.15, -0.1) is 0 Å². The van der Waals surface area contributed by atoms with Crippen molar-refractivity contribution >= 4 is 21.8 Å². The third kappa shape index (κ3) is 2.61. The minimum atomic E-state index is 0.175. The molecule has 0 N–H and O–H groups in total. The first kappa shape index (κ1) is 13.6. The number of aryl methyl sites for hydroxylation is 1. The summed E-state index contributed by atoms with van der Waals surface area (Å²) in [6.45, 7) is 6.31. The van der Waals surface area contributed by atoms with E-state index in [2.05, 4.69) is 34.7 Å². The largest absolute Gasteiger partial charge is 0.333 e. The lowest BCUT2D eigenvalue weighted by Crippen LogP contribution is -2.47.